The lowest BCUT2D eigenvalue weighted by molar-refractivity contribution is -0.156. The van der Waals surface area contributed by atoms with Gasteiger partial charge in [-0.1, -0.05) is 56.3 Å². The van der Waals surface area contributed by atoms with Crippen molar-refractivity contribution in [3.63, 3.8) is 0 Å². The molecule has 3 saturated heterocycles. The van der Waals surface area contributed by atoms with Crippen molar-refractivity contribution in [1.82, 2.24) is 4.90 Å². The molecule has 3 aliphatic heterocycles. The summed E-state index contributed by atoms with van der Waals surface area (Å²) in [5, 5.41) is 12.6. The number of unbranched alkanes of at least 4 members (excludes halogenated alkanes) is 1. The van der Waals surface area contributed by atoms with Crippen molar-refractivity contribution >= 4 is 34.2 Å². The van der Waals surface area contributed by atoms with Gasteiger partial charge in [-0.05, 0) is 60.9 Å². The van der Waals surface area contributed by atoms with Crippen LogP contribution in [-0.4, -0.2) is 71.3 Å². The molecule has 1 N–H and O–H groups in total. The van der Waals surface area contributed by atoms with Crippen LogP contribution >= 0.6 is 0 Å². The van der Waals surface area contributed by atoms with Gasteiger partial charge in [0.05, 0.1) is 37.2 Å². The Kier molecular flexibility index (Phi) is 8.85. The molecule has 3 fully saturated rings. The molecule has 3 heterocycles. The zero-order valence-electron chi connectivity index (χ0n) is 24.6. The number of hydrogen-bond donors (Lipinski definition) is 1. The number of carbonyl (C=O) groups excluding carboxylic acids is 3. The van der Waals surface area contributed by atoms with E-state index in [1.807, 2.05) is 56.3 Å². The molecule has 42 heavy (non-hydrogen) atoms. The number of ether oxygens (including phenoxy) is 2. The fourth-order valence-corrected chi connectivity index (χ4v) is 7.29. The van der Waals surface area contributed by atoms with Gasteiger partial charge in [0.15, 0.2) is 0 Å². The van der Waals surface area contributed by atoms with Crippen LogP contribution in [0.15, 0.2) is 67.8 Å². The molecule has 0 aromatic heterocycles. The number of allylic oxidation sites excluding steroid dienone is 1. The number of carbonyl (C=O) groups is 3. The van der Waals surface area contributed by atoms with E-state index in [9.17, 15) is 19.5 Å². The average Bonchev–Trinajstić information content (AvgIpc) is 3.63. The lowest BCUT2D eigenvalue weighted by Gasteiger charge is -2.39. The number of fused-ring (bicyclic) bond motifs is 2. The molecular weight excluding hydrogens is 532 g/mol. The fourth-order valence-electron chi connectivity index (χ4n) is 7.29. The van der Waals surface area contributed by atoms with Crippen LogP contribution in [0.5, 0.6) is 0 Å². The average molecular weight is 575 g/mol. The van der Waals surface area contributed by atoms with Gasteiger partial charge in [-0.15, -0.1) is 13.2 Å². The molecule has 2 aromatic rings. The van der Waals surface area contributed by atoms with Gasteiger partial charge in [0.25, 0.3) is 5.91 Å². The second-order valence-corrected chi connectivity index (χ2v) is 12.1. The van der Waals surface area contributed by atoms with Crippen LogP contribution in [0.2, 0.25) is 0 Å². The highest BCUT2D eigenvalue weighted by atomic mass is 16.6. The van der Waals surface area contributed by atoms with Gasteiger partial charge in [0.1, 0.15) is 11.6 Å². The van der Waals surface area contributed by atoms with Gasteiger partial charge < -0.3 is 24.4 Å². The first-order chi connectivity index (χ1) is 20.3. The highest BCUT2D eigenvalue weighted by molar-refractivity contribution is 6.05. The largest absolute Gasteiger partial charge is 0.465 e. The van der Waals surface area contributed by atoms with E-state index in [0.717, 1.165) is 17.2 Å². The normalized spacial score (nSPS) is 26.9. The molecule has 2 amide bonds. The molecule has 0 saturated carbocycles. The minimum Gasteiger partial charge on any atom is -0.465 e. The smallest absolute Gasteiger partial charge is 0.312 e. The molecule has 5 rings (SSSR count). The van der Waals surface area contributed by atoms with Gasteiger partial charge in [0, 0.05) is 12.2 Å². The van der Waals surface area contributed by atoms with Crippen molar-refractivity contribution in [2.45, 2.75) is 69.7 Å². The SMILES string of the molecule is C=CCCCOC(=O)[C@@H]1[C@H]2C(=O)N([C@@H](CO)CC(C)C)C(C(=O)N(CC=C)c3ccc4ccccc4c3)C23CC[C@H]1O3. The molecule has 2 aromatic carbocycles. The Morgan fingerprint density at radius 1 is 1.19 bits per heavy atom. The third-order valence-electron chi connectivity index (χ3n) is 9.01. The summed E-state index contributed by atoms with van der Waals surface area (Å²) in [4.78, 5) is 45.7. The van der Waals surface area contributed by atoms with E-state index in [1.165, 1.54) is 0 Å². The van der Waals surface area contributed by atoms with Crippen LogP contribution in [-0.2, 0) is 23.9 Å². The van der Waals surface area contributed by atoms with E-state index in [4.69, 9.17) is 9.47 Å². The standard InChI is InChI=1S/C34H42N2O6/c1-5-7-10-18-41-33(40)28-27-15-16-34(42-27)29(28)31(38)36(26(21-37)19-22(3)4)30(34)32(39)35(17-6-2)25-14-13-23-11-8-9-12-24(23)20-25/h5-6,8-9,11-14,20,22,26-30,37H,1-2,7,10,15-19,21H2,3-4H3/t26-,27-,28+,29+,30?,34?/m1/s1. The number of benzene rings is 2. The Labute approximate surface area is 248 Å². The summed E-state index contributed by atoms with van der Waals surface area (Å²) in [5.41, 5.74) is -0.495. The number of nitrogens with zero attached hydrogens (tertiary/aromatic N) is 2. The summed E-state index contributed by atoms with van der Waals surface area (Å²) in [6.07, 6.45) is 5.84. The van der Waals surface area contributed by atoms with Crippen molar-refractivity contribution in [1.29, 1.82) is 0 Å². The van der Waals surface area contributed by atoms with Crippen molar-refractivity contribution in [3.8, 4) is 0 Å². The summed E-state index contributed by atoms with van der Waals surface area (Å²) in [6, 6.07) is 12.2. The van der Waals surface area contributed by atoms with Gasteiger partial charge in [-0.2, -0.15) is 0 Å². The zero-order valence-corrected chi connectivity index (χ0v) is 24.6. The fraction of sp³-hybridized carbons (Fsp3) is 0.500. The number of anilines is 1. The number of rotatable bonds is 13. The molecule has 1 spiro atoms. The molecule has 6 atom stereocenters. The van der Waals surface area contributed by atoms with Crippen molar-refractivity contribution in [2.75, 3.05) is 24.7 Å². The Morgan fingerprint density at radius 2 is 1.95 bits per heavy atom. The molecule has 224 valence electrons. The van der Waals surface area contributed by atoms with Crippen LogP contribution < -0.4 is 4.90 Å². The molecule has 0 radical (unpaired) electrons. The first-order valence-electron chi connectivity index (χ1n) is 15.1. The van der Waals surface area contributed by atoms with E-state index in [1.54, 1.807) is 22.0 Å². The zero-order chi connectivity index (χ0) is 30.0. The minimum absolute atomic E-state index is 0.163. The number of amides is 2. The maximum Gasteiger partial charge on any atom is 0.312 e. The molecule has 8 nitrogen and oxygen atoms in total. The maximum atomic E-state index is 14.8. The van der Waals surface area contributed by atoms with E-state index in [0.29, 0.717) is 31.4 Å². The van der Waals surface area contributed by atoms with Crippen molar-refractivity contribution in [3.05, 3.63) is 67.8 Å². The number of esters is 1. The predicted molar refractivity (Wildman–Crippen MR) is 162 cm³/mol. The Hall–Kier alpha value is -3.49. The molecule has 2 unspecified atom stereocenters. The minimum atomic E-state index is -1.18. The quantitative estimate of drug-likeness (QED) is 0.213. The number of hydrogen-bond acceptors (Lipinski definition) is 6. The van der Waals surface area contributed by atoms with E-state index in [2.05, 4.69) is 13.2 Å². The van der Waals surface area contributed by atoms with Gasteiger partial charge in [-0.25, -0.2) is 0 Å². The lowest BCUT2D eigenvalue weighted by Crippen LogP contribution is -2.59. The third-order valence-corrected chi connectivity index (χ3v) is 9.01. The monoisotopic (exact) mass is 574 g/mol. The van der Waals surface area contributed by atoms with Crippen LogP contribution in [0, 0.1) is 17.8 Å². The maximum absolute atomic E-state index is 14.8. The first kappa shape index (κ1) is 30.0. The topological polar surface area (TPSA) is 96.4 Å². The lowest BCUT2D eigenvalue weighted by atomic mass is 9.70. The Balaban J connectivity index is 1.55. The highest BCUT2D eigenvalue weighted by Crippen LogP contribution is 2.59. The van der Waals surface area contributed by atoms with Crippen molar-refractivity contribution < 1.29 is 29.0 Å². The van der Waals surface area contributed by atoms with Gasteiger partial charge in [-0.3, -0.25) is 14.4 Å². The van der Waals surface area contributed by atoms with Gasteiger partial charge >= 0.3 is 5.97 Å². The number of aliphatic hydroxyl groups is 1. The number of aliphatic hydroxyl groups excluding tert-OH is 1. The summed E-state index contributed by atoms with van der Waals surface area (Å²) >= 11 is 0. The molecule has 8 heteroatoms. The van der Waals surface area contributed by atoms with Crippen LogP contribution in [0.1, 0.15) is 46.0 Å². The van der Waals surface area contributed by atoms with Crippen LogP contribution in [0.4, 0.5) is 5.69 Å². The number of likely N-dealkylation sites (tertiary alicyclic amines) is 1. The third kappa shape index (κ3) is 5.15. The van der Waals surface area contributed by atoms with E-state index in [-0.39, 0.29) is 37.5 Å². The summed E-state index contributed by atoms with van der Waals surface area (Å²) in [7, 11) is 0. The van der Waals surface area contributed by atoms with Crippen LogP contribution in [0.25, 0.3) is 10.8 Å². The Morgan fingerprint density at radius 3 is 2.64 bits per heavy atom. The summed E-state index contributed by atoms with van der Waals surface area (Å²) < 4.78 is 12.2. The second-order valence-electron chi connectivity index (χ2n) is 12.1. The summed E-state index contributed by atoms with van der Waals surface area (Å²) in [6.45, 7) is 11.8. The van der Waals surface area contributed by atoms with E-state index < -0.39 is 41.6 Å². The predicted octanol–water partition coefficient (Wildman–Crippen LogP) is 4.65. The highest BCUT2D eigenvalue weighted by Gasteiger charge is 2.75. The molecule has 0 aliphatic carbocycles. The Bertz CT molecular complexity index is 1360. The van der Waals surface area contributed by atoms with Crippen molar-refractivity contribution in [2.24, 2.45) is 17.8 Å². The first-order valence-corrected chi connectivity index (χ1v) is 15.1. The second kappa shape index (κ2) is 12.4. The van der Waals surface area contributed by atoms with Crippen LogP contribution in [0.3, 0.4) is 0 Å². The molecule has 3 aliphatic rings. The molecular formula is C34H42N2O6. The molecule has 2 bridgehead atoms. The van der Waals surface area contributed by atoms with E-state index >= 15 is 0 Å². The van der Waals surface area contributed by atoms with Gasteiger partial charge in [0.2, 0.25) is 5.91 Å². The summed E-state index contributed by atoms with van der Waals surface area (Å²) in [5.74, 6) is -2.55.